The van der Waals surface area contributed by atoms with Crippen molar-refractivity contribution in [2.45, 2.75) is 25.7 Å². The van der Waals surface area contributed by atoms with Crippen LogP contribution in [0, 0.1) is 12.3 Å². The molecule has 1 N–H and O–H groups in total. The summed E-state index contributed by atoms with van der Waals surface area (Å²) in [5.41, 5.74) is 0.530. The smallest absolute Gasteiger partial charge is 0.210 e. The van der Waals surface area contributed by atoms with Gasteiger partial charge in [0.05, 0.1) is 4.90 Å². The maximum absolute atomic E-state index is 12.0. The fourth-order valence-electron chi connectivity index (χ4n) is 1.17. The quantitative estimate of drug-likeness (QED) is 0.905. The second kappa shape index (κ2) is 5.43. The van der Waals surface area contributed by atoms with Crippen LogP contribution in [0.15, 0.2) is 40.8 Å². The second-order valence-electron chi connectivity index (χ2n) is 4.93. The van der Waals surface area contributed by atoms with Gasteiger partial charge in [-0.05, 0) is 19.1 Å². The molecule has 0 bridgehead atoms. The zero-order valence-electron chi connectivity index (χ0n) is 10.8. The van der Waals surface area contributed by atoms with Gasteiger partial charge in [-0.25, -0.2) is 13.1 Å². The summed E-state index contributed by atoms with van der Waals surface area (Å²) in [6.07, 6.45) is 0. The molecule has 0 saturated heterocycles. The largest absolute Gasteiger partial charge is 0.240 e. The normalized spacial score (nSPS) is 12.4. The van der Waals surface area contributed by atoms with E-state index in [9.17, 15) is 8.42 Å². The highest BCUT2D eigenvalue weighted by Gasteiger charge is 2.24. The summed E-state index contributed by atoms with van der Waals surface area (Å²) >= 11 is 5.84. The Kier molecular flexibility index (Phi) is 4.59. The van der Waals surface area contributed by atoms with Gasteiger partial charge >= 0.3 is 0 Å². The van der Waals surface area contributed by atoms with Gasteiger partial charge in [-0.1, -0.05) is 49.7 Å². The van der Waals surface area contributed by atoms with Gasteiger partial charge in [0, 0.05) is 17.0 Å². The van der Waals surface area contributed by atoms with Crippen LogP contribution < -0.4 is 4.72 Å². The van der Waals surface area contributed by atoms with E-state index in [1.54, 1.807) is 24.3 Å². The number of halogens is 1. The van der Waals surface area contributed by atoms with Crippen LogP contribution in [0.2, 0.25) is 0 Å². The van der Waals surface area contributed by atoms with Gasteiger partial charge in [0.25, 0.3) is 0 Å². The Morgan fingerprint density at radius 1 is 1.33 bits per heavy atom. The molecule has 1 aromatic rings. The molecular weight excluding hydrogens is 270 g/mol. The molecule has 3 nitrogen and oxygen atoms in total. The van der Waals surface area contributed by atoms with Crippen LogP contribution in [-0.2, 0) is 10.0 Å². The Balaban J connectivity index is 2.84. The lowest BCUT2D eigenvalue weighted by atomic mass is 9.94. The molecule has 0 unspecified atom stereocenters. The average molecular weight is 288 g/mol. The molecule has 0 heterocycles. The van der Waals surface area contributed by atoms with Crippen LogP contribution >= 0.6 is 11.6 Å². The van der Waals surface area contributed by atoms with Crippen molar-refractivity contribution in [3.63, 3.8) is 0 Å². The number of aryl methyl sites for hydroxylation is 1. The number of nitrogens with one attached hydrogen (secondary N) is 1. The Labute approximate surface area is 114 Å². The minimum absolute atomic E-state index is 0.214. The molecule has 0 amide bonds. The first-order valence-corrected chi connectivity index (χ1v) is 7.42. The van der Waals surface area contributed by atoms with E-state index in [2.05, 4.69) is 11.3 Å². The number of hydrogen-bond donors (Lipinski definition) is 1. The number of benzene rings is 1. The predicted molar refractivity (Wildman–Crippen MR) is 75.1 cm³/mol. The minimum atomic E-state index is -3.49. The van der Waals surface area contributed by atoms with Crippen molar-refractivity contribution < 1.29 is 8.42 Å². The lowest BCUT2D eigenvalue weighted by Gasteiger charge is -2.23. The highest BCUT2D eigenvalue weighted by Crippen LogP contribution is 2.27. The number of sulfonamides is 1. The van der Waals surface area contributed by atoms with E-state index in [1.807, 2.05) is 20.8 Å². The second-order valence-corrected chi connectivity index (χ2v) is 7.15. The van der Waals surface area contributed by atoms with E-state index in [4.69, 9.17) is 11.6 Å². The summed E-state index contributed by atoms with van der Waals surface area (Å²) in [6, 6.07) is 6.70. The molecule has 0 saturated carbocycles. The van der Waals surface area contributed by atoms with Gasteiger partial charge in [-0.2, -0.15) is 0 Å². The van der Waals surface area contributed by atoms with Crippen LogP contribution in [0.3, 0.4) is 0 Å². The standard InChI is InChI=1S/C13H18ClNO2S/c1-10-5-7-12(8-6-10)18(16,17)15-9-13(3,4)11(2)14/h5-8,15H,2,9H2,1,3-4H3. The van der Waals surface area contributed by atoms with Gasteiger partial charge in [0.15, 0.2) is 0 Å². The Bertz CT molecular complexity index is 533. The highest BCUT2D eigenvalue weighted by molar-refractivity contribution is 7.89. The number of rotatable bonds is 5. The third-order valence-corrected chi connectivity index (χ3v) is 4.70. The molecule has 1 rings (SSSR count). The SMILES string of the molecule is C=C(Cl)C(C)(C)CNS(=O)(=O)c1ccc(C)cc1. The van der Waals surface area contributed by atoms with E-state index in [0.717, 1.165) is 5.56 Å². The lowest BCUT2D eigenvalue weighted by molar-refractivity contribution is 0.457. The maximum Gasteiger partial charge on any atom is 0.240 e. The summed E-state index contributed by atoms with van der Waals surface area (Å²) < 4.78 is 26.6. The van der Waals surface area contributed by atoms with Crippen molar-refractivity contribution in [2.75, 3.05) is 6.54 Å². The Morgan fingerprint density at radius 2 is 1.83 bits per heavy atom. The molecule has 0 aromatic heterocycles. The van der Waals surface area contributed by atoms with Crippen molar-refractivity contribution >= 4 is 21.6 Å². The molecule has 100 valence electrons. The van der Waals surface area contributed by atoms with Crippen molar-refractivity contribution in [3.05, 3.63) is 41.4 Å². The van der Waals surface area contributed by atoms with Gasteiger partial charge in [0.2, 0.25) is 10.0 Å². The zero-order chi connectivity index (χ0) is 14.0. The van der Waals surface area contributed by atoms with Gasteiger partial charge in [0.1, 0.15) is 0 Å². The average Bonchev–Trinajstić information content (AvgIpc) is 2.27. The Hall–Kier alpha value is -0.840. The third-order valence-electron chi connectivity index (χ3n) is 2.77. The summed E-state index contributed by atoms with van der Waals surface area (Å²) in [7, 11) is -3.49. The molecule has 1 aromatic carbocycles. The third kappa shape index (κ3) is 3.83. The fourth-order valence-corrected chi connectivity index (χ4v) is 2.45. The maximum atomic E-state index is 12.0. The van der Waals surface area contributed by atoms with Crippen LogP contribution in [0.25, 0.3) is 0 Å². The van der Waals surface area contributed by atoms with Crippen LogP contribution in [-0.4, -0.2) is 15.0 Å². The van der Waals surface area contributed by atoms with E-state index in [1.165, 1.54) is 0 Å². The molecule has 18 heavy (non-hydrogen) atoms. The molecular formula is C13H18ClNO2S. The molecule has 0 aliphatic rings. The van der Waals surface area contributed by atoms with Crippen LogP contribution in [0.4, 0.5) is 0 Å². The molecule has 0 atom stereocenters. The summed E-state index contributed by atoms with van der Waals surface area (Å²) in [4.78, 5) is 0.254. The molecule has 0 fully saturated rings. The van der Waals surface area contributed by atoms with E-state index in [0.29, 0.717) is 5.03 Å². The molecule has 0 spiro atoms. The molecule has 0 aliphatic heterocycles. The summed E-state index contributed by atoms with van der Waals surface area (Å²) in [6.45, 7) is 9.43. The Morgan fingerprint density at radius 3 is 2.28 bits per heavy atom. The zero-order valence-corrected chi connectivity index (χ0v) is 12.4. The minimum Gasteiger partial charge on any atom is -0.210 e. The topological polar surface area (TPSA) is 46.2 Å². The van der Waals surface area contributed by atoms with Crippen molar-refractivity contribution in [2.24, 2.45) is 5.41 Å². The number of hydrogen-bond acceptors (Lipinski definition) is 2. The molecule has 5 heteroatoms. The van der Waals surface area contributed by atoms with E-state index < -0.39 is 15.4 Å². The van der Waals surface area contributed by atoms with Crippen LogP contribution in [0.5, 0.6) is 0 Å². The fraction of sp³-hybridized carbons (Fsp3) is 0.385. The van der Waals surface area contributed by atoms with Crippen molar-refractivity contribution in [1.82, 2.24) is 4.72 Å². The van der Waals surface area contributed by atoms with Gasteiger partial charge < -0.3 is 0 Å². The predicted octanol–water partition coefficient (Wildman–Crippen LogP) is 3.05. The first-order chi connectivity index (χ1) is 8.15. The summed E-state index contributed by atoms with van der Waals surface area (Å²) in [5, 5.41) is 0.425. The lowest BCUT2D eigenvalue weighted by Crippen LogP contribution is -2.34. The summed E-state index contributed by atoms with van der Waals surface area (Å²) in [5.74, 6) is 0. The van der Waals surface area contributed by atoms with Gasteiger partial charge in [-0.15, -0.1) is 0 Å². The van der Waals surface area contributed by atoms with Gasteiger partial charge in [-0.3, -0.25) is 0 Å². The monoisotopic (exact) mass is 287 g/mol. The highest BCUT2D eigenvalue weighted by atomic mass is 35.5. The molecule has 0 radical (unpaired) electrons. The molecule has 0 aliphatic carbocycles. The van der Waals surface area contributed by atoms with E-state index in [-0.39, 0.29) is 11.4 Å². The first kappa shape index (κ1) is 15.2. The first-order valence-electron chi connectivity index (χ1n) is 5.56. The van der Waals surface area contributed by atoms with Crippen LogP contribution in [0.1, 0.15) is 19.4 Å². The van der Waals surface area contributed by atoms with Crippen molar-refractivity contribution in [3.8, 4) is 0 Å². The van der Waals surface area contributed by atoms with Crippen molar-refractivity contribution in [1.29, 1.82) is 0 Å². The van der Waals surface area contributed by atoms with E-state index >= 15 is 0 Å².